The first kappa shape index (κ1) is 15.7. The third-order valence-electron chi connectivity index (χ3n) is 5.01. The second kappa shape index (κ2) is 5.92. The third-order valence-corrected chi connectivity index (χ3v) is 5.01. The summed E-state index contributed by atoms with van der Waals surface area (Å²) in [7, 11) is 1.59. The molecule has 0 radical (unpaired) electrons. The Labute approximate surface area is 146 Å². The van der Waals surface area contributed by atoms with Crippen LogP contribution in [0.15, 0.2) is 48.5 Å². The van der Waals surface area contributed by atoms with E-state index in [1.54, 1.807) is 42.3 Å². The molecule has 128 valence electrons. The standard InChI is InChI=1S/C20H19NO4/c1-24-15-9-7-14(8-10-15)18(22)21-12-4-11-20(13-21)17-6-3-2-5-16(17)19(23)25-20/h2-3,5-10H,4,11-13H2,1H3. The van der Waals surface area contributed by atoms with Gasteiger partial charge in [0.2, 0.25) is 0 Å². The molecular weight excluding hydrogens is 318 g/mol. The molecule has 0 saturated carbocycles. The van der Waals surface area contributed by atoms with E-state index in [9.17, 15) is 9.59 Å². The Balaban J connectivity index is 1.61. The molecule has 1 spiro atoms. The second-order valence-electron chi connectivity index (χ2n) is 6.49. The van der Waals surface area contributed by atoms with Crippen LogP contribution >= 0.6 is 0 Å². The van der Waals surface area contributed by atoms with Crippen molar-refractivity contribution in [1.29, 1.82) is 0 Å². The van der Waals surface area contributed by atoms with Gasteiger partial charge in [-0.1, -0.05) is 18.2 Å². The Morgan fingerprint density at radius 2 is 1.92 bits per heavy atom. The van der Waals surface area contributed by atoms with Crippen molar-refractivity contribution in [3.8, 4) is 5.75 Å². The molecule has 2 aliphatic rings. The summed E-state index contributed by atoms with van der Waals surface area (Å²) >= 11 is 0. The van der Waals surface area contributed by atoms with Gasteiger partial charge in [0.15, 0.2) is 5.60 Å². The van der Waals surface area contributed by atoms with Crippen molar-refractivity contribution in [3.63, 3.8) is 0 Å². The van der Waals surface area contributed by atoms with Crippen LogP contribution in [0.25, 0.3) is 0 Å². The van der Waals surface area contributed by atoms with Gasteiger partial charge in [0, 0.05) is 17.7 Å². The summed E-state index contributed by atoms with van der Waals surface area (Å²) < 4.78 is 10.9. The summed E-state index contributed by atoms with van der Waals surface area (Å²) in [5.74, 6) is 0.363. The lowest BCUT2D eigenvalue weighted by molar-refractivity contribution is -0.0442. The summed E-state index contributed by atoms with van der Waals surface area (Å²) in [6, 6.07) is 14.5. The lowest BCUT2D eigenvalue weighted by Gasteiger charge is -2.39. The molecule has 2 aromatic rings. The number of benzene rings is 2. The molecule has 1 fully saturated rings. The quantitative estimate of drug-likeness (QED) is 0.791. The van der Waals surface area contributed by atoms with Crippen molar-refractivity contribution >= 4 is 11.9 Å². The van der Waals surface area contributed by atoms with E-state index in [4.69, 9.17) is 9.47 Å². The fourth-order valence-electron chi connectivity index (χ4n) is 3.76. The smallest absolute Gasteiger partial charge is 0.339 e. The van der Waals surface area contributed by atoms with Crippen molar-refractivity contribution in [2.75, 3.05) is 20.2 Å². The number of esters is 1. The van der Waals surface area contributed by atoms with E-state index >= 15 is 0 Å². The normalized spacial score (nSPS) is 21.8. The van der Waals surface area contributed by atoms with E-state index in [1.165, 1.54) is 0 Å². The minimum Gasteiger partial charge on any atom is -0.497 e. The molecule has 1 unspecified atom stereocenters. The molecule has 1 atom stereocenters. The molecule has 0 N–H and O–H groups in total. The molecule has 2 heterocycles. The maximum Gasteiger partial charge on any atom is 0.339 e. The van der Waals surface area contributed by atoms with Gasteiger partial charge >= 0.3 is 5.97 Å². The van der Waals surface area contributed by atoms with Crippen LogP contribution in [0.1, 0.15) is 39.1 Å². The van der Waals surface area contributed by atoms with Crippen molar-refractivity contribution in [1.82, 2.24) is 4.90 Å². The topological polar surface area (TPSA) is 55.8 Å². The van der Waals surface area contributed by atoms with Crippen molar-refractivity contribution in [3.05, 3.63) is 65.2 Å². The van der Waals surface area contributed by atoms with Gasteiger partial charge in [-0.2, -0.15) is 0 Å². The van der Waals surface area contributed by atoms with E-state index in [2.05, 4.69) is 0 Å². The molecule has 2 aliphatic heterocycles. The number of amides is 1. The Bertz CT molecular complexity index is 830. The molecule has 0 aliphatic carbocycles. The number of rotatable bonds is 2. The third kappa shape index (κ3) is 2.56. The first-order valence-corrected chi connectivity index (χ1v) is 8.39. The number of nitrogens with zero attached hydrogens (tertiary/aromatic N) is 1. The largest absolute Gasteiger partial charge is 0.497 e. The van der Waals surface area contributed by atoms with Crippen molar-refractivity contribution in [2.24, 2.45) is 0 Å². The fourth-order valence-corrected chi connectivity index (χ4v) is 3.76. The van der Waals surface area contributed by atoms with E-state index < -0.39 is 5.60 Å². The van der Waals surface area contributed by atoms with Crippen molar-refractivity contribution in [2.45, 2.75) is 18.4 Å². The zero-order chi connectivity index (χ0) is 17.4. The number of likely N-dealkylation sites (tertiary alicyclic amines) is 1. The van der Waals surface area contributed by atoms with Gasteiger partial charge in [-0.05, 0) is 43.2 Å². The number of carbonyl (C=O) groups is 2. The number of piperidine rings is 1. The van der Waals surface area contributed by atoms with Crippen LogP contribution in [0, 0.1) is 0 Å². The maximum atomic E-state index is 12.9. The van der Waals surface area contributed by atoms with Gasteiger partial charge in [-0.15, -0.1) is 0 Å². The van der Waals surface area contributed by atoms with E-state index in [1.807, 2.05) is 18.2 Å². The molecule has 25 heavy (non-hydrogen) atoms. The highest BCUT2D eigenvalue weighted by Crippen LogP contribution is 2.43. The first-order valence-electron chi connectivity index (χ1n) is 8.39. The summed E-state index contributed by atoms with van der Waals surface area (Å²) in [6.45, 7) is 1.05. The summed E-state index contributed by atoms with van der Waals surface area (Å²) in [5.41, 5.74) is 1.40. The van der Waals surface area contributed by atoms with E-state index in [0.717, 1.165) is 18.4 Å². The number of hydrogen-bond acceptors (Lipinski definition) is 4. The molecule has 4 rings (SSSR count). The molecule has 1 amide bonds. The Morgan fingerprint density at radius 1 is 1.16 bits per heavy atom. The maximum absolute atomic E-state index is 12.9. The predicted molar refractivity (Wildman–Crippen MR) is 91.7 cm³/mol. The molecule has 5 heteroatoms. The highest BCUT2D eigenvalue weighted by atomic mass is 16.6. The lowest BCUT2D eigenvalue weighted by atomic mass is 9.85. The minimum absolute atomic E-state index is 0.0536. The first-order chi connectivity index (χ1) is 12.1. The molecule has 2 aromatic carbocycles. The van der Waals surface area contributed by atoms with E-state index in [-0.39, 0.29) is 11.9 Å². The number of hydrogen-bond donors (Lipinski definition) is 0. The van der Waals surface area contributed by atoms with E-state index in [0.29, 0.717) is 30.0 Å². The predicted octanol–water partition coefficient (Wildman–Crippen LogP) is 3.00. The van der Waals surface area contributed by atoms with Crippen LogP contribution in [0.2, 0.25) is 0 Å². The minimum atomic E-state index is -0.714. The highest BCUT2D eigenvalue weighted by Gasteiger charge is 2.48. The van der Waals surface area contributed by atoms with Crippen LogP contribution in [0.3, 0.4) is 0 Å². The Kier molecular flexibility index (Phi) is 3.71. The van der Waals surface area contributed by atoms with Gasteiger partial charge in [0.25, 0.3) is 5.91 Å². The van der Waals surface area contributed by atoms with Crippen LogP contribution in [0.4, 0.5) is 0 Å². The average Bonchev–Trinajstić information content (AvgIpc) is 2.93. The SMILES string of the molecule is COc1ccc(C(=O)N2CCCC3(C2)OC(=O)c2ccccc23)cc1. The fraction of sp³-hybridized carbons (Fsp3) is 0.300. The van der Waals surface area contributed by atoms with Crippen molar-refractivity contribution < 1.29 is 19.1 Å². The number of ether oxygens (including phenoxy) is 2. The Morgan fingerprint density at radius 3 is 2.68 bits per heavy atom. The molecule has 0 aromatic heterocycles. The van der Waals surface area contributed by atoms with Gasteiger partial charge in [0.05, 0.1) is 19.2 Å². The summed E-state index contributed by atoms with van der Waals surface area (Å²) in [4.78, 5) is 26.9. The number of methoxy groups -OCH3 is 1. The Hall–Kier alpha value is -2.82. The number of fused-ring (bicyclic) bond motifs is 2. The van der Waals surface area contributed by atoms with Crippen LogP contribution in [-0.2, 0) is 10.3 Å². The average molecular weight is 337 g/mol. The lowest BCUT2D eigenvalue weighted by Crippen LogP contribution is -2.48. The summed E-state index contributed by atoms with van der Waals surface area (Å²) in [5, 5.41) is 0. The number of carbonyl (C=O) groups excluding carboxylic acids is 2. The van der Waals surface area contributed by atoms with Crippen LogP contribution in [-0.4, -0.2) is 37.0 Å². The second-order valence-corrected chi connectivity index (χ2v) is 6.49. The highest BCUT2D eigenvalue weighted by molar-refractivity contribution is 5.96. The summed E-state index contributed by atoms with van der Waals surface area (Å²) in [6.07, 6.45) is 1.53. The van der Waals surface area contributed by atoms with Crippen LogP contribution < -0.4 is 4.74 Å². The van der Waals surface area contributed by atoms with Crippen LogP contribution in [0.5, 0.6) is 5.75 Å². The van der Waals surface area contributed by atoms with Gasteiger partial charge < -0.3 is 14.4 Å². The molecule has 5 nitrogen and oxygen atoms in total. The molecule has 0 bridgehead atoms. The zero-order valence-corrected chi connectivity index (χ0v) is 14.0. The molecular formula is C20H19NO4. The van der Waals surface area contributed by atoms with Gasteiger partial charge in [0.1, 0.15) is 5.75 Å². The van der Waals surface area contributed by atoms with Gasteiger partial charge in [-0.25, -0.2) is 4.79 Å². The van der Waals surface area contributed by atoms with Gasteiger partial charge in [-0.3, -0.25) is 4.79 Å². The monoisotopic (exact) mass is 337 g/mol. The molecule has 1 saturated heterocycles. The zero-order valence-electron chi connectivity index (χ0n) is 14.0.